The van der Waals surface area contributed by atoms with Crippen LogP contribution in [0.1, 0.15) is 23.6 Å². The first kappa shape index (κ1) is 10.7. The van der Waals surface area contributed by atoms with Crippen LogP contribution in [0.25, 0.3) is 0 Å². The van der Waals surface area contributed by atoms with Crippen molar-refractivity contribution in [2.24, 2.45) is 0 Å². The molecule has 1 aliphatic heterocycles. The third-order valence-electron chi connectivity index (χ3n) is 3.55. The summed E-state index contributed by atoms with van der Waals surface area (Å²) in [5, 5.41) is 10.2. The fourth-order valence-electron chi connectivity index (χ4n) is 2.32. The van der Waals surface area contributed by atoms with Gasteiger partial charge in [-0.05, 0) is 25.0 Å². The summed E-state index contributed by atoms with van der Waals surface area (Å²) in [5.41, 5.74) is 4.17. The Hall–Kier alpha value is -0.860. The van der Waals surface area contributed by atoms with E-state index >= 15 is 0 Å². The van der Waals surface area contributed by atoms with Gasteiger partial charge in [0.25, 0.3) is 0 Å². The van der Waals surface area contributed by atoms with Gasteiger partial charge in [0.1, 0.15) is 19.6 Å². The molecule has 0 aromatic heterocycles. The lowest BCUT2D eigenvalue weighted by Crippen LogP contribution is -2.46. The van der Waals surface area contributed by atoms with Gasteiger partial charge in [-0.25, -0.2) is 5.21 Å². The Bertz CT molecular complexity index is 362. The van der Waals surface area contributed by atoms with Gasteiger partial charge in [-0.3, -0.25) is 0 Å². The lowest BCUT2D eigenvalue weighted by molar-refractivity contribution is -1.10. The van der Waals surface area contributed by atoms with E-state index in [4.69, 9.17) is 0 Å². The molecule has 1 aromatic carbocycles. The summed E-state index contributed by atoms with van der Waals surface area (Å²) in [6.45, 7) is 6.71. The molecular formula is C13H20NO+. The zero-order valence-corrected chi connectivity index (χ0v) is 9.66. The van der Waals surface area contributed by atoms with E-state index in [1.807, 2.05) is 0 Å². The summed E-state index contributed by atoms with van der Waals surface area (Å²) in [5.74, 6) is 0. The molecular weight excluding hydrogens is 186 g/mol. The minimum Gasteiger partial charge on any atom is -0.217 e. The molecule has 1 N–H and O–H groups in total. The molecule has 0 radical (unpaired) electrons. The Labute approximate surface area is 91.7 Å². The summed E-state index contributed by atoms with van der Waals surface area (Å²) in [6, 6.07) is 6.65. The minimum atomic E-state index is 0.230. The molecule has 0 bridgehead atoms. The summed E-state index contributed by atoms with van der Waals surface area (Å²) in [7, 11) is 0. The monoisotopic (exact) mass is 206 g/mol. The van der Waals surface area contributed by atoms with Crippen LogP contribution in [0.4, 0.5) is 0 Å². The number of hydrogen-bond donors (Lipinski definition) is 1. The Kier molecular flexibility index (Phi) is 2.81. The maximum absolute atomic E-state index is 10.2. The molecule has 1 heterocycles. The normalized spacial score (nSPS) is 25.8. The highest BCUT2D eigenvalue weighted by atomic mass is 16.5. The molecule has 2 nitrogen and oxygen atoms in total. The highest BCUT2D eigenvalue weighted by Crippen LogP contribution is 2.20. The Morgan fingerprint density at radius 2 is 1.87 bits per heavy atom. The fourth-order valence-corrected chi connectivity index (χ4v) is 2.32. The van der Waals surface area contributed by atoms with E-state index in [1.54, 1.807) is 0 Å². The van der Waals surface area contributed by atoms with Crippen LogP contribution in [0.2, 0.25) is 0 Å². The first-order valence-electron chi connectivity index (χ1n) is 5.80. The zero-order valence-electron chi connectivity index (χ0n) is 9.66. The Morgan fingerprint density at radius 1 is 1.20 bits per heavy atom. The summed E-state index contributed by atoms with van der Waals surface area (Å²) >= 11 is 0. The van der Waals surface area contributed by atoms with Crippen molar-refractivity contribution in [3.8, 4) is 0 Å². The number of nitrogens with zero attached hydrogens (tertiary/aromatic N) is 1. The van der Waals surface area contributed by atoms with Crippen molar-refractivity contribution >= 4 is 0 Å². The van der Waals surface area contributed by atoms with Crippen molar-refractivity contribution in [1.82, 2.24) is 0 Å². The van der Waals surface area contributed by atoms with Crippen LogP contribution in [-0.4, -0.2) is 29.5 Å². The smallest absolute Gasteiger partial charge is 0.113 e. The van der Waals surface area contributed by atoms with Crippen LogP contribution in [-0.2, 0) is 12.8 Å². The van der Waals surface area contributed by atoms with Crippen LogP contribution in [0, 0.1) is 6.92 Å². The molecule has 0 saturated heterocycles. The second kappa shape index (κ2) is 3.95. The van der Waals surface area contributed by atoms with E-state index in [2.05, 4.69) is 32.0 Å². The molecule has 1 atom stereocenters. The molecule has 1 aliphatic rings. The first-order valence-corrected chi connectivity index (χ1v) is 5.80. The van der Waals surface area contributed by atoms with Crippen molar-refractivity contribution in [1.29, 1.82) is 0 Å². The van der Waals surface area contributed by atoms with Crippen LogP contribution in [0.3, 0.4) is 0 Å². The molecule has 15 heavy (non-hydrogen) atoms. The number of fused-ring (bicyclic) bond motifs is 1. The van der Waals surface area contributed by atoms with Crippen LogP contribution in [0.15, 0.2) is 18.2 Å². The third-order valence-corrected chi connectivity index (χ3v) is 3.55. The molecule has 0 saturated carbocycles. The molecule has 82 valence electrons. The van der Waals surface area contributed by atoms with Crippen molar-refractivity contribution in [3.63, 3.8) is 0 Å². The van der Waals surface area contributed by atoms with Gasteiger partial charge in [-0.2, -0.15) is 4.65 Å². The minimum absolute atomic E-state index is 0.230. The molecule has 1 unspecified atom stereocenters. The molecule has 0 aliphatic carbocycles. The maximum atomic E-state index is 10.2. The number of aryl methyl sites for hydroxylation is 1. The molecule has 0 spiro atoms. The molecule has 0 amide bonds. The number of quaternary nitrogens is 1. The highest BCUT2D eigenvalue weighted by Gasteiger charge is 2.26. The molecule has 2 rings (SSSR count). The largest absolute Gasteiger partial charge is 0.217 e. The van der Waals surface area contributed by atoms with E-state index in [9.17, 15) is 5.21 Å². The van der Waals surface area contributed by atoms with E-state index in [-0.39, 0.29) is 4.65 Å². The summed E-state index contributed by atoms with van der Waals surface area (Å²) < 4.78 is 0.230. The molecule has 2 heteroatoms. The number of benzene rings is 1. The van der Waals surface area contributed by atoms with Gasteiger partial charge in [-0.1, -0.05) is 23.8 Å². The van der Waals surface area contributed by atoms with Gasteiger partial charge in [0.2, 0.25) is 0 Å². The quantitative estimate of drug-likeness (QED) is 0.699. The summed E-state index contributed by atoms with van der Waals surface area (Å²) in [4.78, 5) is 0. The standard InChI is InChI=1S/C13H20NO/c1-3-14(15)8-6-12-5-4-11(2)10-13(12)7-9-14/h4-5,10,15H,3,6-9H2,1-2H3/q+1. The van der Waals surface area contributed by atoms with Crippen LogP contribution < -0.4 is 0 Å². The molecule has 0 fully saturated rings. The number of hydroxylamine groups is 3. The number of likely N-dealkylation sites (N-methyl/N-ethyl adjacent to an activating group) is 1. The van der Waals surface area contributed by atoms with E-state index in [0.717, 1.165) is 32.5 Å². The van der Waals surface area contributed by atoms with Crippen molar-refractivity contribution < 1.29 is 9.85 Å². The van der Waals surface area contributed by atoms with Crippen molar-refractivity contribution in [3.05, 3.63) is 34.9 Å². The van der Waals surface area contributed by atoms with Gasteiger partial charge >= 0.3 is 0 Å². The highest BCUT2D eigenvalue weighted by molar-refractivity contribution is 5.32. The second-order valence-electron chi connectivity index (χ2n) is 4.63. The van der Waals surface area contributed by atoms with Crippen LogP contribution >= 0.6 is 0 Å². The average Bonchev–Trinajstić information content (AvgIpc) is 2.40. The lowest BCUT2D eigenvalue weighted by Gasteiger charge is -2.26. The van der Waals surface area contributed by atoms with E-state index in [1.165, 1.54) is 16.7 Å². The van der Waals surface area contributed by atoms with Gasteiger partial charge < -0.3 is 0 Å². The van der Waals surface area contributed by atoms with Gasteiger partial charge in [0.05, 0.1) is 0 Å². The van der Waals surface area contributed by atoms with Crippen molar-refractivity contribution in [2.75, 3.05) is 19.6 Å². The predicted molar refractivity (Wildman–Crippen MR) is 60.9 cm³/mol. The topological polar surface area (TPSA) is 20.2 Å². The van der Waals surface area contributed by atoms with Gasteiger partial charge in [0.15, 0.2) is 0 Å². The van der Waals surface area contributed by atoms with Gasteiger partial charge in [0, 0.05) is 12.8 Å². The Balaban J connectivity index is 2.25. The van der Waals surface area contributed by atoms with Crippen LogP contribution in [0.5, 0.6) is 0 Å². The van der Waals surface area contributed by atoms with Gasteiger partial charge in [-0.15, -0.1) is 0 Å². The average molecular weight is 206 g/mol. The first-order chi connectivity index (χ1) is 7.13. The second-order valence-corrected chi connectivity index (χ2v) is 4.63. The Morgan fingerprint density at radius 3 is 2.53 bits per heavy atom. The van der Waals surface area contributed by atoms with Crippen molar-refractivity contribution in [2.45, 2.75) is 26.7 Å². The third kappa shape index (κ3) is 2.21. The molecule has 1 aromatic rings. The SMILES string of the molecule is CC[N+]1(O)CCc2ccc(C)cc2CC1. The van der Waals surface area contributed by atoms with E-state index < -0.39 is 0 Å². The lowest BCUT2D eigenvalue weighted by atomic mass is 10.0. The number of rotatable bonds is 1. The predicted octanol–water partition coefficient (Wildman–Crippen LogP) is 2.32. The fraction of sp³-hybridized carbons (Fsp3) is 0.538. The zero-order chi connectivity index (χ0) is 10.9. The summed E-state index contributed by atoms with van der Waals surface area (Å²) in [6.07, 6.45) is 2.00. The number of hydrogen-bond acceptors (Lipinski definition) is 1. The maximum Gasteiger partial charge on any atom is 0.113 e. The van der Waals surface area contributed by atoms with E-state index in [0.29, 0.717) is 0 Å².